The predicted octanol–water partition coefficient (Wildman–Crippen LogP) is 2.75. The number of carbonyl (C=O) groups is 2. The topological polar surface area (TPSA) is 80.3 Å². The highest BCUT2D eigenvalue weighted by atomic mass is 16.5. The van der Waals surface area contributed by atoms with Crippen LogP contribution in [-0.4, -0.2) is 30.5 Å². The Balaban J connectivity index is 2.08. The van der Waals surface area contributed by atoms with Gasteiger partial charge in [-0.2, -0.15) is 0 Å². The van der Waals surface area contributed by atoms with Crippen LogP contribution in [0.1, 0.15) is 34.1 Å². The molecule has 2 rings (SSSR count). The van der Waals surface area contributed by atoms with Crippen molar-refractivity contribution in [3.05, 3.63) is 53.9 Å². The molecule has 0 saturated carbocycles. The molecule has 6 nitrogen and oxygen atoms in total. The molecule has 1 aromatic heterocycles. The minimum Gasteiger partial charge on any atom is -0.465 e. The van der Waals surface area contributed by atoms with Gasteiger partial charge in [0.25, 0.3) is 5.91 Å². The first-order chi connectivity index (χ1) is 11.1. The Morgan fingerprint density at radius 3 is 2.48 bits per heavy atom. The molecule has 0 radical (unpaired) electrons. The van der Waals surface area contributed by atoms with Gasteiger partial charge in [-0.15, -0.1) is 0 Å². The fraction of sp³-hybridized carbons (Fsp3) is 0.235. The summed E-state index contributed by atoms with van der Waals surface area (Å²) >= 11 is 0. The number of pyridine rings is 1. The highest BCUT2D eigenvalue weighted by Gasteiger charge is 2.07. The average Bonchev–Trinajstić information content (AvgIpc) is 2.60. The molecule has 2 N–H and O–H groups in total. The van der Waals surface area contributed by atoms with E-state index in [0.717, 1.165) is 12.1 Å². The molecule has 0 bridgehead atoms. The predicted molar refractivity (Wildman–Crippen MR) is 87.9 cm³/mol. The lowest BCUT2D eigenvalue weighted by molar-refractivity contribution is 0.0600. The summed E-state index contributed by atoms with van der Waals surface area (Å²) in [7, 11) is 1.34. The van der Waals surface area contributed by atoms with Gasteiger partial charge in [-0.3, -0.25) is 9.78 Å². The first-order valence-electron chi connectivity index (χ1n) is 7.32. The quantitative estimate of drug-likeness (QED) is 0.802. The normalized spacial score (nSPS) is 10.0. The molecule has 0 saturated heterocycles. The zero-order valence-electron chi connectivity index (χ0n) is 13.1. The highest BCUT2D eigenvalue weighted by Crippen LogP contribution is 2.17. The number of anilines is 2. The van der Waals surface area contributed by atoms with E-state index in [4.69, 9.17) is 0 Å². The van der Waals surface area contributed by atoms with Gasteiger partial charge >= 0.3 is 5.97 Å². The van der Waals surface area contributed by atoms with Crippen molar-refractivity contribution in [1.29, 1.82) is 0 Å². The number of hydrogen-bond donors (Lipinski definition) is 2. The number of nitrogens with one attached hydrogen (secondary N) is 2. The van der Waals surface area contributed by atoms with Crippen molar-refractivity contribution >= 4 is 23.3 Å². The molecule has 6 heteroatoms. The summed E-state index contributed by atoms with van der Waals surface area (Å²) in [6, 6.07) is 8.58. The number of benzene rings is 1. The smallest absolute Gasteiger partial charge is 0.337 e. The van der Waals surface area contributed by atoms with Crippen molar-refractivity contribution in [1.82, 2.24) is 10.3 Å². The van der Waals surface area contributed by atoms with Crippen molar-refractivity contribution < 1.29 is 14.3 Å². The first kappa shape index (κ1) is 16.5. The third-order valence-corrected chi connectivity index (χ3v) is 3.13. The van der Waals surface area contributed by atoms with E-state index in [1.54, 1.807) is 36.5 Å². The summed E-state index contributed by atoms with van der Waals surface area (Å²) in [5.74, 6) is -0.531. The van der Waals surface area contributed by atoms with Crippen LogP contribution in [0.4, 0.5) is 11.4 Å². The summed E-state index contributed by atoms with van der Waals surface area (Å²) in [6.45, 7) is 2.62. The van der Waals surface area contributed by atoms with Crippen LogP contribution in [0.5, 0.6) is 0 Å². The van der Waals surface area contributed by atoms with Crippen LogP contribution in [0.3, 0.4) is 0 Å². The van der Waals surface area contributed by atoms with Gasteiger partial charge in [0.05, 0.1) is 30.1 Å². The number of aromatic nitrogens is 1. The Hall–Kier alpha value is -2.89. The fourth-order valence-electron chi connectivity index (χ4n) is 1.95. The number of amides is 1. The molecular weight excluding hydrogens is 294 g/mol. The maximum Gasteiger partial charge on any atom is 0.337 e. The summed E-state index contributed by atoms with van der Waals surface area (Å²) in [5, 5.41) is 5.95. The minimum atomic E-state index is -0.382. The number of methoxy groups -OCH3 is 1. The lowest BCUT2D eigenvalue weighted by Crippen LogP contribution is -2.24. The van der Waals surface area contributed by atoms with Gasteiger partial charge in [0.2, 0.25) is 0 Å². The molecule has 0 aliphatic heterocycles. The number of hydrogen-bond acceptors (Lipinski definition) is 5. The second kappa shape index (κ2) is 7.93. The van der Waals surface area contributed by atoms with Crippen LogP contribution in [0, 0.1) is 0 Å². The minimum absolute atomic E-state index is 0.149. The number of rotatable bonds is 6. The lowest BCUT2D eigenvalue weighted by atomic mass is 10.2. The Morgan fingerprint density at radius 1 is 1.09 bits per heavy atom. The molecule has 120 valence electrons. The molecule has 0 fully saturated rings. The molecular formula is C17H19N3O3. The SMILES string of the molecule is CCCNC(=O)c1cncc(Nc2ccc(C(=O)OC)cc2)c1. The Kier molecular flexibility index (Phi) is 5.68. The third-order valence-electron chi connectivity index (χ3n) is 3.13. The molecule has 0 spiro atoms. The summed E-state index contributed by atoms with van der Waals surface area (Å²) in [4.78, 5) is 27.4. The molecule has 1 aromatic carbocycles. The van der Waals surface area contributed by atoms with Crippen LogP contribution < -0.4 is 10.6 Å². The zero-order chi connectivity index (χ0) is 16.7. The molecule has 0 atom stereocenters. The number of ether oxygens (including phenoxy) is 1. The maximum atomic E-state index is 11.9. The van der Waals surface area contributed by atoms with Crippen molar-refractivity contribution in [2.45, 2.75) is 13.3 Å². The molecule has 1 heterocycles. The summed E-state index contributed by atoms with van der Waals surface area (Å²) < 4.78 is 4.65. The number of esters is 1. The molecule has 1 amide bonds. The van der Waals surface area contributed by atoms with Crippen molar-refractivity contribution in [3.63, 3.8) is 0 Å². The Labute approximate surface area is 134 Å². The lowest BCUT2D eigenvalue weighted by Gasteiger charge is -2.09. The third kappa shape index (κ3) is 4.54. The van der Waals surface area contributed by atoms with Gasteiger partial charge in [-0.05, 0) is 36.8 Å². The monoisotopic (exact) mass is 313 g/mol. The highest BCUT2D eigenvalue weighted by molar-refractivity contribution is 5.95. The van der Waals surface area contributed by atoms with Crippen molar-refractivity contribution in [2.24, 2.45) is 0 Å². The van der Waals surface area contributed by atoms with E-state index < -0.39 is 0 Å². The molecule has 0 unspecified atom stereocenters. The Bertz CT molecular complexity index is 684. The van der Waals surface area contributed by atoms with E-state index in [1.807, 2.05) is 6.92 Å². The first-order valence-corrected chi connectivity index (χ1v) is 7.32. The van der Waals surface area contributed by atoms with Gasteiger partial charge in [0.15, 0.2) is 0 Å². The number of nitrogens with zero attached hydrogens (tertiary/aromatic N) is 1. The summed E-state index contributed by atoms with van der Waals surface area (Å²) in [5.41, 5.74) is 2.45. The second-order valence-corrected chi connectivity index (χ2v) is 4.91. The van der Waals surface area contributed by atoms with Gasteiger partial charge in [-0.1, -0.05) is 6.92 Å². The van der Waals surface area contributed by atoms with E-state index in [1.165, 1.54) is 13.3 Å². The van der Waals surface area contributed by atoms with Crippen LogP contribution in [0.15, 0.2) is 42.7 Å². The van der Waals surface area contributed by atoms with E-state index in [-0.39, 0.29) is 11.9 Å². The summed E-state index contributed by atoms with van der Waals surface area (Å²) in [6.07, 6.45) is 4.03. The largest absolute Gasteiger partial charge is 0.465 e. The molecule has 0 aliphatic carbocycles. The second-order valence-electron chi connectivity index (χ2n) is 4.91. The van der Waals surface area contributed by atoms with Crippen LogP contribution in [-0.2, 0) is 4.74 Å². The zero-order valence-corrected chi connectivity index (χ0v) is 13.1. The van der Waals surface area contributed by atoms with Gasteiger partial charge in [0.1, 0.15) is 0 Å². The maximum absolute atomic E-state index is 11.9. The van der Waals surface area contributed by atoms with Gasteiger partial charge in [-0.25, -0.2) is 4.79 Å². The van der Waals surface area contributed by atoms with E-state index >= 15 is 0 Å². The van der Waals surface area contributed by atoms with Crippen molar-refractivity contribution in [3.8, 4) is 0 Å². The fourth-order valence-corrected chi connectivity index (χ4v) is 1.95. The van der Waals surface area contributed by atoms with E-state index in [2.05, 4.69) is 20.4 Å². The van der Waals surface area contributed by atoms with Gasteiger partial charge < -0.3 is 15.4 Å². The number of carbonyl (C=O) groups excluding carboxylic acids is 2. The van der Waals surface area contributed by atoms with Crippen LogP contribution in [0.2, 0.25) is 0 Å². The Morgan fingerprint density at radius 2 is 1.83 bits per heavy atom. The average molecular weight is 313 g/mol. The van der Waals surface area contributed by atoms with Crippen LogP contribution in [0.25, 0.3) is 0 Å². The molecule has 0 aliphatic rings. The van der Waals surface area contributed by atoms with E-state index in [9.17, 15) is 9.59 Å². The van der Waals surface area contributed by atoms with Crippen LogP contribution >= 0.6 is 0 Å². The van der Waals surface area contributed by atoms with Crippen molar-refractivity contribution in [2.75, 3.05) is 19.0 Å². The van der Waals surface area contributed by atoms with Gasteiger partial charge in [0, 0.05) is 18.4 Å². The standard InChI is InChI=1S/C17H19N3O3/c1-3-8-19-16(21)13-9-15(11-18-10-13)20-14-6-4-12(5-7-14)17(22)23-2/h4-7,9-11,20H,3,8H2,1-2H3,(H,19,21). The molecule has 2 aromatic rings. The molecule has 23 heavy (non-hydrogen) atoms. The van der Waals surface area contributed by atoms with E-state index in [0.29, 0.717) is 23.4 Å².